The van der Waals surface area contributed by atoms with E-state index in [1.54, 1.807) is 0 Å². The first-order chi connectivity index (χ1) is 9.26. The molecule has 1 aliphatic rings. The number of carbonyl (C=O) groups excluding carboxylic acids is 1. The highest BCUT2D eigenvalue weighted by Gasteiger charge is 2.29. The monoisotopic (exact) mass is 277 g/mol. The summed E-state index contributed by atoms with van der Waals surface area (Å²) in [4.78, 5) is 15.0. The summed E-state index contributed by atoms with van der Waals surface area (Å²) in [6, 6.07) is 9.77. The zero-order chi connectivity index (χ0) is 13.7. The van der Waals surface area contributed by atoms with E-state index in [2.05, 4.69) is 18.7 Å². The zero-order valence-electron chi connectivity index (χ0n) is 11.8. The summed E-state index contributed by atoms with van der Waals surface area (Å²) in [5, 5.41) is 0.686. The summed E-state index contributed by atoms with van der Waals surface area (Å²) in [5.41, 5.74) is 0.848. The van der Waals surface area contributed by atoms with Crippen molar-refractivity contribution in [1.29, 1.82) is 0 Å². The van der Waals surface area contributed by atoms with E-state index < -0.39 is 0 Å². The maximum atomic E-state index is 12.6. The standard InChI is InChI=1S/C16H23NOS/c1-3-14-12-17(10-11-19-14)15(4-2)16(18)13-8-6-5-7-9-13/h5-9,14-15H,3-4,10-12H2,1-2H3. The van der Waals surface area contributed by atoms with Crippen LogP contribution in [-0.4, -0.2) is 40.8 Å². The molecular weight excluding hydrogens is 254 g/mol. The summed E-state index contributed by atoms with van der Waals surface area (Å²) in [6.07, 6.45) is 2.09. The molecule has 1 saturated heterocycles. The van der Waals surface area contributed by atoms with Crippen LogP contribution in [0.3, 0.4) is 0 Å². The lowest BCUT2D eigenvalue weighted by Gasteiger charge is -2.36. The normalized spacial score (nSPS) is 22.1. The van der Waals surface area contributed by atoms with E-state index in [9.17, 15) is 4.79 Å². The molecule has 0 N–H and O–H groups in total. The number of rotatable bonds is 5. The Labute approximate surface area is 120 Å². The molecule has 1 heterocycles. The molecule has 0 bridgehead atoms. The van der Waals surface area contributed by atoms with Gasteiger partial charge < -0.3 is 0 Å². The number of hydrogen-bond donors (Lipinski definition) is 0. The first kappa shape index (κ1) is 14.6. The van der Waals surface area contributed by atoms with Gasteiger partial charge in [-0.05, 0) is 12.8 Å². The van der Waals surface area contributed by atoms with Crippen LogP contribution < -0.4 is 0 Å². The van der Waals surface area contributed by atoms with E-state index in [4.69, 9.17) is 0 Å². The number of ketones is 1. The molecule has 0 spiro atoms. The number of carbonyl (C=O) groups is 1. The van der Waals surface area contributed by atoms with Crippen LogP contribution in [0.25, 0.3) is 0 Å². The van der Waals surface area contributed by atoms with Crippen molar-refractivity contribution in [2.24, 2.45) is 0 Å². The fourth-order valence-electron chi connectivity index (χ4n) is 2.68. The first-order valence-corrected chi connectivity index (χ1v) is 8.26. The molecule has 19 heavy (non-hydrogen) atoms. The average molecular weight is 277 g/mol. The van der Waals surface area contributed by atoms with Crippen LogP contribution in [0.5, 0.6) is 0 Å². The molecule has 2 nitrogen and oxygen atoms in total. The van der Waals surface area contributed by atoms with Gasteiger partial charge in [-0.1, -0.05) is 44.2 Å². The predicted molar refractivity (Wildman–Crippen MR) is 83.0 cm³/mol. The van der Waals surface area contributed by atoms with Crippen molar-refractivity contribution < 1.29 is 4.79 Å². The van der Waals surface area contributed by atoms with Crippen molar-refractivity contribution in [3.8, 4) is 0 Å². The summed E-state index contributed by atoms with van der Waals surface area (Å²) >= 11 is 2.05. The number of hydrogen-bond acceptors (Lipinski definition) is 3. The van der Waals surface area contributed by atoms with Gasteiger partial charge in [0.25, 0.3) is 0 Å². The molecule has 1 aliphatic heterocycles. The Balaban J connectivity index is 2.09. The summed E-state index contributed by atoms with van der Waals surface area (Å²) < 4.78 is 0. The largest absolute Gasteiger partial charge is 0.292 e. The fourth-order valence-corrected chi connectivity index (χ4v) is 3.88. The van der Waals surface area contributed by atoms with Crippen molar-refractivity contribution in [3.05, 3.63) is 35.9 Å². The molecule has 1 fully saturated rings. The number of thioether (sulfide) groups is 1. The summed E-state index contributed by atoms with van der Waals surface area (Å²) in [5.74, 6) is 1.43. The van der Waals surface area contributed by atoms with E-state index in [1.807, 2.05) is 42.1 Å². The van der Waals surface area contributed by atoms with Gasteiger partial charge in [-0.15, -0.1) is 0 Å². The van der Waals surface area contributed by atoms with Crippen molar-refractivity contribution in [1.82, 2.24) is 4.90 Å². The second-order valence-electron chi connectivity index (χ2n) is 5.05. The van der Waals surface area contributed by atoms with E-state index >= 15 is 0 Å². The van der Waals surface area contributed by atoms with Crippen LogP contribution in [0.1, 0.15) is 37.0 Å². The van der Waals surface area contributed by atoms with Crippen LogP contribution in [0.15, 0.2) is 30.3 Å². The van der Waals surface area contributed by atoms with E-state index in [-0.39, 0.29) is 11.8 Å². The highest BCUT2D eigenvalue weighted by Crippen LogP contribution is 2.24. The molecule has 104 valence electrons. The highest BCUT2D eigenvalue weighted by molar-refractivity contribution is 8.00. The Bertz CT molecular complexity index is 406. The van der Waals surface area contributed by atoms with Gasteiger partial charge >= 0.3 is 0 Å². The molecule has 2 unspecified atom stereocenters. The summed E-state index contributed by atoms with van der Waals surface area (Å²) in [7, 11) is 0. The Hall–Kier alpha value is -0.800. The summed E-state index contributed by atoms with van der Waals surface area (Å²) in [6.45, 7) is 6.45. The SMILES string of the molecule is CCC1CN(C(CC)C(=O)c2ccccc2)CCS1. The Kier molecular flexibility index (Phi) is 5.46. The van der Waals surface area contributed by atoms with Gasteiger partial charge in [0.2, 0.25) is 0 Å². The van der Waals surface area contributed by atoms with Crippen molar-refractivity contribution in [3.63, 3.8) is 0 Å². The Morgan fingerprint density at radius 1 is 1.37 bits per heavy atom. The Morgan fingerprint density at radius 3 is 2.74 bits per heavy atom. The minimum absolute atomic E-state index is 0.0531. The predicted octanol–water partition coefficient (Wildman–Crippen LogP) is 3.48. The van der Waals surface area contributed by atoms with Gasteiger partial charge in [0.15, 0.2) is 5.78 Å². The maximum absolute atomic E-state index is 12.6. The minimum Gasteiger partial charge on any atom is -0.292 e. The molecule has 0 saturated carbocycles. The molecule has 0 amide bonds. The van der Waals surface area contributed by atoms with Crippen LogP contribution in [0.2, 0.25) is 0 Å². The van der Waals surface area contributed by atoms with Crippen molar-refractivity contribution >= 4 is 17.5 Å². The van der Waals surface area contributed by atoms with E-state index in [1.165, 1.54) is 6.42 Å². The number of benzene rings is 1. The van der Waals surface area contributed by atoms with Crippen LogP contribution in [-0.2, 0) is 0 Å². The maximum Gasteiger partial charge on any atom is 0.179 e. The van der Waals surface area contributed by atoms with Gasteiger partial charge in [-0.3, -0.25) is 9.69 Å². The minimum atomic E-state index is 0.0531. The highest BCUT2D eigenvalue weighted by atomic mass is 32.2. The second kappa shape index (κ2) is 7.11. The van der Waals surface area contributed by atoms with Crippen molar-refractivity contribution in [2.75, 3.05) is 18.8 Å². The smallest absolute Gasteiger partial charge is 0.179 e. The van der Waals surface area contributed by atoms with Gasteiger partial charge in [-0.25, -0.2) is 0 Å². The molecule has 3 heteroatoms. The topological polar surface area (TPSA) is 20.3 Å². The Morgan fingerprint density at radius 2 is 2.11 bits per heavy atom. The lowest BCUT2D eigenvalue weighted by Crippen LogP contribution is -2.47. The van der Waals surface area contributed by atoms with Crippen LogP contribution >= 0.6 is 11.8 Å². The van der Waals surface area contributed by atoms with Crippen LogP contribution in [0.4, 0.5) is 0 Å². The van der Waals surface area contributed by atoms with E-state index in [0.29, 0.717) is 5.25 Å². The molecule has 2 rings (SSSR count). The molecular formula is C16H23NOS. The molecule has 0 aromatic heterocycles. The van der Waals surface area contributed by atoms with E-state index in [0.717, 1.165) is 30.8 Å². The molecule has 0 radical (unpaired) electrons. The fraction of sp³-hybridized carbons (Fsp3) is 0.562. The third kappa shape index (κ3) is 3.61. The second-order valence-corrected chi connectivity index (χ2v) is 6.46. The van der Waals surface area contributed by atoms with Gasteiger partial charge in [0, 0.05) is 29.7 Å². The quantitative estimate of drug-likeness (QED) is 0.769. The molecule has 2 atom stereocenters. The average Bonchev–Trinajstić information content (AvgIpc) is 2.49. The lowest BCUT2D eigenvalue weighted by molar-refractivity contribution is 0.0815. The third-order valence-electron chi connectivity index (χ3n) is 3.81. The van der Waals surface area contributed by atoms with Gasteiger partial charge in [0.1, 0.15) is 0 Å². The zero-order valence-corrected chi connectivity index (χ0v) is 12.7. The number of nitrogens with zero attached hydrogens (tertiary/aromatic N) is 1. The molecule has 0 aliphatic carbocycles. The van der Waals surface area contributed by atoms with Gasteiger partial charge in [0.05, 0.1) is 6.04 Å². The molecule has 1 aromatic carbocycles. The third-order valence-corrected chi connectivity index (χ3v) is 5.19. The van der Waals surface area contributed by atoms with Gasteiger partial charge in [-0.2, -0.15) is 11.8 Å². The molecule has 1 aromatic rings. The van der Waals surface area contributed by atoms with Crippen molar-refractivity contribution in [2.45, 2.75) is 38.0 Å². The van der Waals surface area contributed by atoms with Crippen LogP contribution in [0, 0.1) is 0 Å². The lowest BCUT2D eigenvalue weighted by atomic mass is 10.0. The number of Topliss-reactive ketones (excluding diaryl/α,β-unsaturated/α-hetero) is 1. The first-order valence-electron chi connectivity index (χ1n) is 7.21.